The minimum absolute atomic E-state index is 0.551. The summed E-state index contributed by atoms with van der Waals surface area (Å²) in [5, 5.41) is 4.59. The minimum atomic E-state index is 0.551. The van der Waals surface area contributed by atoms with Gasteiger partial charge in [-0.1, -0.05) is 30.7 Å². The Kier molecular flexibility index (Phi) is 4.11. The van der Waals surface area contributed by atoms with Gasteiger partial charge in [-0.2, -0.15) is 0 Å². The number of hydrogen-bond acceptors (Lipinski definition) is 2. The molecule has 0 aromatic heterocycles. The molecule has 3 heteroatoms. The maximum absolute atomic E-state index is 6.09. The molecule has 2 bridgehead atoms. The molecule has 2 aliphatic heterocycles. The van der Waals surface area contributed by atoms with E-state index in [1.807, 2.05) is 6.07 Å². The van der Waals surface area contributed by atoms with E-state index in [1.54, 1.807) is 0 Å². The zero-order valence-corrected chi connectivity index (χ0v) is 12.4. The third-order valence-electron chi connectivity index (χ3n) is 4.56. The van der Waals surface area contributed by atoms with Crippen molar-refractivity contribution in [2.24, 2.45) is 0 Å². The Labute approximate surface area is 121 Å². The monoisotopic (exact) mass is 278 g/mol. The zero-order chi connectivity index (χ0) is 13.2. The van der Waals surface area contributed by atoms with Crippen LogP contribution in [0.4, 0.5) is 0 Å². The average molecular weight is 279 g/mol. The molecule has 2 fully saturated rings. The number of nitrogens with one attached hydrogen (secondary N) is 1. The fraction of sp³-hybridized carbons (Fsp3) is 0.625. The largest absolute Gasteiger partial charge is 0.310 e. The highest BCUT2D eigenvalue weighted by Gasteiger charge is 2.29. The molecule has 0 saturated carbocycles. The molecule has 0 radical (unpaired) electrons. The summed E-state index contributed by atoms with van der Waals surface area (Å²) in [6.07, 6.45) is 4.04. The topological polar surface area (TPSA) is 15.3 Å². The summed E-state index contributed by atoms with van der Waals surface area (Å²) in [6, 6.07) is 9.80. The van der Waals surface area contributed by atoms with E-state index in [-0.39, 0.29) is 0 Å². The molecule has 0 spiro atoms. The Morgan fingerprint density at radius 3 is 3.00 bits per heavy atom. The molecule has 1 N–H and O–H groups in total. The van der Waals surface area contributed by atoms with Gasteiger partial charge in [-0.05, 0) is 49.4 Å². The van der Waals surface area contributed by atoms with E-state index in [1.165, 1.54) is 37.9 Å². The molecule has 3 unspecified atom stereocenters. The molecule has 1 aromatic rings. The van der Waals surface area contributed by atoms with Crippen LogP contribution in [0.15, 0.2) is 24.3 Å². The molecule has 2 nitrogen and oxygen atoms in total. The SMILES string of the molecule is CC(CN1CCC2CCC(C1)N2)c1cccc(Cl)c1. The molecular weight excluding hydrogens is 256 g/mol. The van der Waals surface area contributed by atoms with Crippen LogP contribution in [0.2, 0.25) is 5.02 Å². The highest BCUT2D eigenvalue weighted by molar-refractivity contribution is 6.30. The van der Waals surface area contributed by atoms with Crippen LogP contribution in [-0.2, 0) is 0 Å². The van der Waals surface area contributed by atoms with Crippen molar-refractivity contribution in [2.45, 2.75) is 44.2 Å². The van der Waals surface area contributed by atoms with Crippen molar-refractivity contribution < 1.29 is 0 Å². The summed E-state index contributed by atoms with van der Waals surface area (Å²) in [6.45, 7) is 5.90. The lowest BCUT2D eigenvalue weighted by Crippen LogP contribution is -2.37. The van der Waals surface area contributed by atoms with Crippen molar-refractivity contribution in [3.8, 4) is 0 Å². The fourth-order valence-corrected chi connectivity index (χ4v) is 3.69. The van der Waals surface area contributed by atoms with Gasteiger partial charge in [0.1, 0.15) is 0 Å². The standard InChI is InChI=1S/C16H23ClN2/c1-12(13-3-2-4-14(17)9-13)10-19-8-7-15-5-6-16(11-19)18-15/h2-4,9,12,15-16,18H,5-8,10-11H2,1H3. The summed E-state index contributed by atoms with van der Waals surface area (Å²) >= 11 is 6.09. The summed E-state index contributed by atoms with van der Waals surface area (Å²) in [7, 11) is 0. The van der Waals surface area contributed by atoms with Gasteiger partial charge in [-0.25, -0.2) is 0 Å². The van der Waals surface area contributed by atoms with Gasteiger partial charge in [0.25, 0.3) is 0 Å². The van der Waals surface area contributed by atoms with Crippen molar-refractivity contribution in [2.75, 3.05) is 19.6 Å². The number of fused-ring (bicyclic) bond motifs is 2. The van der Waals surface area contributed by atoms with Crippen LogP contribution < -0.4 is 5.32 Å². The van der Waals surface area contributed by atoms with Gasteiger partial charge in [0.05, 0.1) is 0 Å². The summed E-state index contributed by atoms with van der Waals surface area (Å²) in [5.74, 6) is 0.551. The van der Waals surface area contributed by atoms with E-state index in [2.05, 4.69) is 35.3 Å². The summed E-state index contributed by atoms with van der Waals surface area (Å²) < 4.78 is 0. The van der Waals surface area contributed by atoms with Crippen molar-refractivity contribution in [1.82, 2.24) is 10.2 Å². The summed E-state index contributed by atoms with van der Waals surface area (Å²) in [5.41, 5.74) is 1.36. The highest BCUT2D eigenvalue weighted by atomic mass is 35.5. The van der Waals surface area contributed by atoms with Gasteiger partial charge >= 0.3 is 0 Å². The lowest BCUT2D eigenvalue weighted by atomic mass is 9.99. The van der Waals surface area contributed by atoms with E-state index in [9.17, 15) is 0 Å². The van der Waals surface area contributed by atoms with Gasteiger partial charge < -0.3 is 10.2 Å². The van der Waals surface area contributed by atoms with Gasteiger partial charge in [-0.3, -0.25) is 0 Å². The Morgan fingerprint density at radius 1 is 1.32 bits per heavy atom. The van der Waals surface area contributed by atoms with Crippen molar-refractivity contribution in [3.05, 3.63) is 34.9 Å². The van der Waals surface area contributed by atoms with Crippen LogP contribution in [0, 0.1) is 0 Å². The van der Waals surface area contributed by atoms with Gasteiger partial charge in [-0.15, -0.1) is 0 Å². The number of likely N-dealkylation sites (tertiary alicyclic amines) is 1. The smallest absolute Gasteiger partial charge is 0.0408 e. The lowest BCUT2D eigenvalue weighted by molar-refractivity contribution is 0.247. The molecule has 2 saturated heterocycles. The van der Waals surface area contributed by atoms with Crippen LogP contribution in [0.5, 0.6) is 0 Å². The molecule has 3 rings (SSSR count). The molecule has 19 heavy (non-hydrogen) atoms. The first kappa shape index (κ1) is 13.4. The molecule has 1 aromatic carbocycles. The molecule has 0 amide bonds. The minimum Gasteiger partial charge on any atom is -0.310 e. The van der Waals surface area contributed by atoms with Crippen molar-refractivity contribution >= 4 is 11.6 Å². The maximum atomic E-state index is 6.09. The van der Waals surface area contributed by atoms with E-state index < -0.39 is 0 Å². The van der Waals surface area contributed by atoms with Gasteiger partial charge in [0.15, 0.2) is 0 Å². The van der Waals surface area contributed by atoms with Crippen LogP contribution >= 0.6 is 11.6 Å². The first-order valence-electron chi connectivity index (χ1n) is 7.44. The quantitative estimate of drug-likeness (QED) is 0.913. The highest BCUT2D eigenvalue weighted by Crippen LogP contribution is 2.24. The molecule has 104 valence electrons. The first-order chi connectivity index (χ1) is 9.20. The average Bonchev–Trinajstić information content (AvgIpc) is 2.72. The predicted molar refractivity (Wildman–Crippen MR) is 80.9 cm³/mol. The molecule has 2 heterocycles. The van der Waals surface area contributed by atoms with E-state index in [0.717, 1.165) is 23.7 Å². The van der Waals surface area contributed by atoms with Crippen LogP contribution in [0.25, 0.3) is 0 Å². The Morgan fingerprint density at radius 2 is 2.16 bits per heavy atom. The second-order valence-corrected chi connectivity index (χ2v) is 6.58. The molecule has 3 atom stereocenters. The molecular formula is C16H23ClN2. The van der Waals surface area contributed by atoms with Crippen molar-refractivity contribution in [3.63, 3.8) is 0 Å². The van der Waals surface area contributed by atoms with Gasteiger partial charge in [0, 0.05) is 30.2 Å². The lowest BCUT2D eigenvalue weighted by Gasteiger charge is -2.27. The normalized spacial score (nSPS) is 29.2. The van der Waals surface area contributed by atoms with Crippen LogP contribution in [-0.4, -0.2) is 36.6 Å². The first-order valence-corrected chi connectivity index (χ1v) is 7.82. The van der Waals surface area contributed by atoms with Crippen molar-refractivity contribution in [1.29, 1.82) is 0 Å². The second kappa shape index (κ2) is 5.82. The third-order valence-corrected chi connectivity index (χ3v) is 4.79. The Balaban J connectivity index is 1.61. The number of hydrogen-bond donors (Lipinski definition) is 1. The molecule has 0 aliphatic carbocycles. The third kappa shape index (κ3) is 3.31. The zero-order valence-electron chi connectivity index (χ0n) is 11.6. The fourth-order valence-electron chi connectivity index (χ4n) is 3.49. The number of nitrogens with zero attached hydrogens (tertiary/aromatic N) is 1. The predicted octanol–water partition coefficient (Wildman–Crippen LogP) is 3.27. The second-order valence-electron chi connectivity index (χ2n) is 6.14. The maximum Gasteiger partial charge on any atom is 0.0408 e. The number of halogens is 1. The van der Waals surface area contributed by atoms with Crippen LogP contribution in [0.1, 0.15) is 37.7 Å². The van der Waals surface area contributed by atoms with Crippen LogP contribution in [0.3, 0.4) is 0 Å². The van der Waals surface area contributed by atoms with E-state index in [0.29, 0.717) is 5.92 Å². The van der Waals surface area contributed by atoms with Gasteiger partial charge in [0.2, 0.25) is 0 Å². The number of rotatable bonds is 3. The molecule has 2 aliphatic rings. The Bertz CT molecular complexity index is 435. The number of benzene rings is 1. The summed E-state index contributed by atoms with van der Waals surface area (Å²) in [4.78, 5) is 2.63. The van der Waals surface area contributed by atoms with E-state index in [4.69, 9.17) is 11.6 Å². The van der Waals surface area contributed by atoms with E-state index >= 15 is 0 Å². The Hall–Kier alpha value is -0.570.